The minimum absolute atomic E-state index is 0.00733. The van der Waals surface area contributed by atoms with Crippen LogP contribution < -0.4 is 0 Å². The van der Waals surface area contributed by atoms with Crippen LogP contribution >= 0.6 is 0 Å². The summed E-state index contributed by atoms with van der Waals surface area (Å²) >= 11 is 0. The largest absolute Gasteiger partial charge is 0.467 e. The number of carbonyl (C=O) groups is 1. The fraction of sp³-hybridized carbons (Fsp3) is 0.889. The molecule has 0 aliphatic carbocycles. The van der Waals surface area contributed by atoms with E-state index in [-0.39, 0.29) is 20.2 Å². The molecule has 92 valence electrons. The molecule has 1 N–H and O–H groups in total. The zero-order chi connectivity index (χ0) is 11.5. The summed E-state index contributed by atoms with van der Waals surface area (Å²) in [6, 6.07) is 0. The van der Waals surface area contributed by atoms with Crippen molar-refractivity contribution in [2.75, 3.05) is 27.3 Å². The number of fused-ring (bicyclic) bond motifs is 1. The molecule has 0 unspecified atom stereocenters. The SMILES string of the molecule is COC(=O)[C@H]1OCO[C@H]2[C@@H]1OCO[C@H]2CO. The normalized spacial score (nSPS) is 38.9. The van der Waals surface area contributed by atoms with E-state index in [9.17, 15) is 4.79 Å². The zero-order valence-corrected chi connectivity index (χ0v) is 8.83. The van der Waals surface area contributed by atoms with Gasteiger partial charge in [0.15, 0.2) is 6.10 Å². The van der Waals surface area contributed by atoms with E-state index < -0.39 is 30.4 Å². The third-order valence-corrected chi connectivity index (χ3v) is 2.65. The van der Waals surface area contributed by atoms with Crippen molar-refractivity contribution < 1.29 is 33.6 Å². The molecule has 0 spiro atoms. The van der Waals surface area contributed by atoms with Gasteiger partial charge in [-0.1, -0.05) is 0 Å². The number of ether oxygens (including phenoxy) is 5. The Hall–Kier alpha value is -0.730. The molecule has 7 nitrogen and oxygen atoms in total. The molecule has 0 saturated carbocycles. The highest BCUT2D eigenvalue weighted by molar-refractivity contribution is 5.75. The summed E-state index contributed by atoms with van der Waals surface area (Å²) in [4.78, 5) is 11.4. The molecule has 2 aliphatic heterocycles. The van der Waals surface area contributed by atoms with Crippen molar-refractivity contribution in [1.29, 1.82) is 0 Å². The number of methoxy groups -OCH3 is 1. The first kappa shape index (κ1) is 11.7. The summed E-state index contributed by atoms with van der Waals surface area (Å²) < 4.78 is 25.4. The van der Waals surface area contributed by atoms with Gasteiger partial charge in [-0.2, -0.15) is 0 Å². The van der Waals surface area contributed by atoms with Gasteiger partial charge in [0.25, 0.3) is 0 Å². The standard InChI is InChI=1S/C9H14O7/c1-12-9(11)8-7-6(14-4-16-8)5(2-10)13-3-15-7/h5-8,10H,2-4H2,1H3/t5-,6+,7-,8-/m0/s1. The van der Waals surface area contributed by atoms with E-state index >= 15 is 0 Å². The average Bonchev–Trinajstić information content (AvgIpc) is 2.36. The van der Waals surface area contributed by atoms with E-state index in [0.717, 1.165) is 0 Å². The van der Waals surface area contributed by atoms with Gasteiger partial charge in [-0.15, -0.1) is 0 Å². The maximum absolute atomic E-state index is 11.4. The Labute approximate surface area is 92.2 Å². The van der Waals surface area contributed by atoms with Crippen LogP contribution in [0.3, 0.4) is 0 Å². The van der Waals surface area contributed by atoms with Crippen LogP contribution in [0.15, 0.2) is 0 Å². The van der Waals surface area contributed by atoms with Crippen LogP contribution in [0.25, 0.3) is 0 Å². The molecule has 0 bridgehead atoms. The summed E-state index contributed by atoms with van der Waals surface area (Å²) in [5, 5.41) is 9.09. The smallest absolute Gasteiger partial charge is 0.337 e. The minimum atomic E-state index is -0.832. The number of rotatable bonds is 2. The van der Waals surface area contributed by atoms with Crippen molar-refractivity contribution in [2.24, 2.45) is 0 Å². The Morgan fingerprint density at radius 1 is 1.25 bits per heavy atom. The lowest BCUT2D eigenvalue weighted by molar-refractivity contribution is -0.322. The Bertz CT molecular complexity index is 256. The van der Waals surface area contributed by atoms with Gasteiger partial charge in [0, 0.05) is 0 Å². The molecule has 0 aromatic carbocycles. The summed E-state index contributed by atoms with van der Waals surface area (Å²) in [6.45, 7) is -0.255. The second kappa shape index (κ2) is 5.07. The van der Waals surface area contributed by atoms with Crippen molar-refractivity contribution in [3.05, 3.63) is 0 Å². The van der Waals surface area contributed by atoms with E-state index in [1.54, 1.807) is 0 Å². The Balaban J connectivity index is 2.10. The van der Waals surface area contributed by atoms with Gasteiger partial charge in [-0.25, -0.2) is 4.79 Å². The van der Waals surface area contributed by atoms with Crippen LogP contribution in [0.2, 0.25) is 0 Å². The third-order valence-electron chi connectivity index (χ3n) is 2.65. The second-order valence-electron chi connectivity index (χ2n) is 3.50. The fourth-order valence-corrected chi connectivity index (χ4v) is 1.83. The summed E-state index contributed by atoms with van der Waals surface area (Å²) in [7, 11) is 1.28. The predicted octanol–water partition coefficient (Wildman–Crippen LogP) is -1.37. The van der Waals surface area contributed by atoms with Gasteiger partial charge in [-0.3, -0.25) is 0 Å². The topological polar surface area (TPSA) is 83.5 Å². The average molecular weight is 234 g/mol. The van der Waals surface area contributed by atoms with Crippen LogP contribution in [-0.2, 0) is 28.5 Å². The third kappa shape index (κ3) is 2.04. The molecule has 2 heterocycles. The molecule has 2 rings (SSSR count). The first-order chi connectivity index (χ1) is 7.77. The fourth-order valence-electron chi connectivity index (χ4n) is 1.83. The number of aliphatic hydroxyl groups is 1. The van der Waals surface area contributed by atoms with Crippen LogP contribution in [0, 0.1) is 0 Å². The molecule has 0 aromatic heterocycles. The monoisotopic (exact) mass is 234 g/mol. The van der Waals surface area contributed by atoms with E-state index in [0.29, 0.717) is 0 Å². The molecule has 4 atom stereocenters. The number of esters is 1. The number of carbonyl (C=O) groups excluding carboxylic acids is 1. The minimum Gasteiger partial charge on any atom is -0.467 e. The number of hydrogen-bond acceptors (Lipinski definition) is 7. The molecule has 0 aromatic rings. The predicted molar refractivity (Wildman–Crippen MR) is 48.3 cm³/mol. The lowest BCUT2D eigenvalue weighted by Gasteiger charge is -2.42. The summed E-state index contributed by atoms with van der Waals surface area (Å²) in [6.07, 6.45) is -2.46. The Morgan fingerprint density at radius 2 is 1.94 bits per heavy atom. The van der Waals surface area contributed by atoms with Gasteiger partial charge >= 0.3 is 5.97 Å². The van der Waals surface area contributed by atoms with E-state index in [1.165, 1.54) is 7.11 Å². The Morgan fingerprint density at radius 3 is 2.62 bits per heavy atom. The number of aliphatic hydroxyl groups excluding tert-OH is 1. The first-order valence-corrected chi connectivity index (χ1v) is 4.93. The van der Waals surface area contributed by atoms with Crippen molar-refractivity contribution in [3.8, 4) is 0 Å². The van der Waals surface area contributed by atoms with Gasteiger partial charge in [0.05, 0.1) is 13.7 Å². The molecule has 0 radical (unpaired) electrons. The van der Waals surface area contributed by atoms with Crippen LogP contribution in [0.4, 0.5) is 0 Å². The van der Waals surface area contributed by atoms with E-state index in [1.807, 2.05) is 0 Å². The maximum Gasteiger partial charge on any atom is 0.337 e. The molecular formula is C9H14O7. The van der Waals surface area contributed by atoms with E-state index in [4.69, 9.17) is 24.1 Å². The highest BCUT2D eigenvalue weighted by Gasteiger charge is 2.47. The molecule has 2 aliphatic rings. The first-order valence-electron chi connectivity index (χ1n) is 4.93. The van der Waals surface area contributed by atoms with Crippen LogP contribution in [0.5, 0.6) is 0 Å². The van der Waals surface area contributed by atoms with Crippen LogP contribution in [0.1, 0.15) is 0 Å². The van der Waals surface area contributed by atoms with Crippen molar-refractivity contribution in [3.63, 3.8) is 0 Å². The second-order valence-corrected chi connectivity index (χ2v) is 3.50. The number of hydrogen-bond donors (Lipinski definition) is 1. The van der Waals surface area contributed by atoms with Crippen molar-refractivity contribution in [1.82, 2.24) is 0 Å². The molecule has 0 amide bonds. The summed E-state index contributed by atoms with van der Waals surface area (Å²) in [5.41, 5.74) is 0. The quantitative estimate of drug-likeness (QED) is 0.590. The molecule has 2 saturated heterocycles. The highest BCUT2D eigenvalue weighted by atomic mass is 16.8. The zero-order valence-electron chi connectivity index (χ0n) is 8.83. The highest BCUT2D eigenvalue weighted by Crippen LogP contribution is 2.26. The molecular weight excluding hydrogens is 220 g/mol. The molecule has 7 heteroatoms. The molecule has 2 fully saturated rings. The van der Waals surface area contributed by atoms with Gasteiger partial charge < -0.3 is 28.8 Å². The Kier molecular flexibility index (Phi) is 3.72. The lowest BCUT2D eigenvalue weighted by Crippen LogP contribution is -2.60. The van der Waals surface area contributed by atoms with Crippen molar-refractivity contribution in [2.45, 2.75) is 24.4 Å². The van der Waals surface area contributed by atoms with Crippen molar-refractivity contribution >= 4 is 5.97 Å². The lowest BCUT2D eigenvalue weighted by atomic mass is 10.0. The van der Waals surface area contributed by atoms with Gasteiger partial charge in [-0.05, 0) is 0 Å². The van der Waals surface area contributed by atoms with Crippen LogP contribution in [-0.4, -0.2) is 62.8 Å². The summed E-state index contributed by atoms with van der Waals surface area (Å²) in [5.74, 6) is -0.517. The van der Waals surface area contributed by atoms with Gasteiger partial charge in [0.1, 0.15) is 31.9 Å². The van der Waals surface area contributed by atoms with Gasteiger partial charge in [0.2, 0.25) is 0 Å². The molecule has 16 heavy (non-hydrogen) atoms. The van der Waals surface area contributed by atoms with E-state index in [2.05, 4.69) is 4.74 Å². The maximum atomic E-state index is 11.4.